The number of benzene rings is 2. The van der Waals surface area contributed by atoms with E-state index >= 15 is 0 Å². The lowest BCUT2D eigenvalue weighted by molar-refractivity contribution is -0.136. The first-order chi connectivity index (χ1) is 22.2. The van der Waals surface area contributed by atoms with Crippen molar-refractivity contribution >= 4 is 28.6 Å². The van der Waals surface area contributed by atoms with Crippen molar-refractivity contribution in [2.24, 2.45) is 5.92 Å². The molecule has 3 amide bonds. The number of hydrogen-bond donors (Lipinski definition) is 1. The van der Waals surface area contributed by atoms with Crippen molar-refractivity contribution < 1.29 is 28.6 Å². The average Bonchev–Trinajstić information content (AvgIpc) is 3.61. The van der Waals surface area contributed by atoms with Crippen LogP contribution in [0.3, 0.4) is 0 Å². The highest BCUT2D eigenvalue weighted by Crippen LogP contribution is 2.36. The number of carbonyl (C=O) groups excluding carboxylic acids is 3. The average molecular weight is 627 g/mol. The van der Waals surface area contributed by atoms with Gasteiger partial charge in [0.05, 0.1) is 11.1 Å². The highest BCUT2D eigenvalue weighted by atomic mass is 16.5. The van der Waals surface area contributed by atoms with E-state index in [-0.39, 0.29) is 30.3 Å². The zero-order chi connectivity index (χ0) is 32.0. The van der Waals surface area contributed by atoms with Crippen LogP contribution < -0.4 is 10.1 Å². The van der Waals surface area contributed by atoms with Crippen molar-refractivity contribution in [2.45, 2.75) is 76.3 Å². The third-order valence-corrected chi connectivity index (χ3v) is 10.4. The van der Waals surface area contributed by atoms with Crippen LogP contribution in [0.2, 0.25) is 0 Å². The molecule has 3 fully saturated rings. The molecule has 0 saturated carbocycles. The first-order valence-corrected chi connectivity index (χ1v) is 16.4. The van der Waals surface area contributed by atoms with Crippen LogP contribution in [0.25, 0.3) is 10.9 Å². The number of methoxy groups -OCH3 is 1. The molecule has 3 saturated heterocycles. The zero-order valence-electron chi connectivity index (χ0n) is 26.8. The van der Waals surface area contributed by atoms with E-state index in [0.29, 0.717) is 30.2 Å². The van der Waals surface area contributed by atoms with Gasteiger partial charge in [-0.05, 0) is 80.6 Å². The predicted octanol–water partition coefficient (Wildman–Crippen LogP) is 4.19. The lowest BCUT2D eigenvalue weighted by Crippen LogP contribution is -2.52. The zero-order valence-corrected chi connectivity index (χ0v) is 26.8. The maximum absolute atomic E-state index is 13.2. The number of piperidine rings is 1. The number of likely N-dealkylation sites (tertiary alicyclic amines) is 1. The van der Waals surface area contributed by atoms with Gasteiger partial charge in [-0.25, -0.2) is 0 Å². The van der Waals surface area contributed by atoms with Crippen LogP contribution in [-0.2, 0) is 32.2 Å². The lowest BCUT2D eigenvalue weighted by Gasteiger charge is -2.33. The van der Waals surface area contributed by atoms with E-state index in [1.165, 1.54) is 5.56 Å². The van der Waals surface area contributed by atoms with Crippen LogP contribution >= 0.6 is 0 Å². The van der Waals surface area contributed by atoms with Gasteiger partial charge in [0, 0.05) is 81.4 Å². The van der Waals surface area contributed by atoms with Gasteiger partial charge in [0.1, 0.15) is 17.9 Å². The smallest absolute Gasteiger partial charge is 0.255 e. The summed E-state index contributed by atoms with van der Waals surface area (Å²) in [6, 6.07) is 15.8. The summed E-state index contributed by atoms with van der Waals surface area (Å²) in [6.45, 7) is 8.47. The predicted molar refractivity (Wildman–Crippen MR) is 171 cm³/mol. The monoisotopic (exact) mass is 626 g/mol. The molecule has 0 aliphatic carbocycles. The van der Waals surface area contributed by atoms with E-state index in [9.17, 15) is 14.4 Å². The van der Waals surface area contributed by atoms with Crippen molar-refractivity contribution in [2.75, 3.05) is 33.4 Å². The van der Waals surface area contributed by atoms with Crippen molar-refractivity contribution in [3.63, 3.8) is 0 Å². The maximum Gasteiger partial charge on any atom is 0.255 e. The number of nitrogens with zero attached hydrogens (tertiary/aromatic N) is 3. The van der Waals surface area contributed by atoms with Gasteiger partial charge < -0.3 is 19.1 Å². The number of nitrogens with one attached hydrogen (secondary N) is 1. The summed E-state index contributed by atoms with van der Waals surface area (Å²) in [7, 11) is 1.75. The van der Waals surface area contributed by atoms with Gasteiger partial charge >= 0.3 is 0 Å². The van der Waals surface area contributed by atoms with Crippen LogP contribution in [-0.4, -0.2) is 83.7 Å². The van der Waals surface area contributed by atoms with Crippen LogP contribution in [0.1, 0.15) is 72.6 Å². The molecule has 242 valence electrons. The number of rotatable bonds is 8. The van der Waals surface area contributed by atoms with E-state index in [1.807, 2.05) is 12.1 Å². The molecule has 1 aromatic heterocycles. The Morgan fingerprint density at radius 2 is 1.83 bits per heavy atom. The third kappa shape index (κ3) is 6.01. The second-order valence-corrected chi connectivity index (χ2v) is 13.6. The highest BCUT2D eigenvalue weighted by Gasteiger charge is 2.44. The molecule has 7 rings (SSSR count). The number of amides is 3. The maximum atomic E-state index is 13.2. The number of pyridine rings is 1. The molecule has 2 aromatic carbocycles. The number of aromatic nitrogens is 1. The van der Waals surface area contributed by atoms with Crippen molar-refractivity contribution in [3.05, 3.63) is 70.9 Å². The van der Waals surface area contributed by atoms with Crippen molar-refractivity contribution in [1.82, 2.24) is 20.1 Å². The Balaban J connectivity index is 1.05. The Bertz CT molecular complexity index is 1670. The Morgan fingerprint density at radius 1 is 1.00 bits per heavy atom. The summed E-state index contributed by atoms with van der Waals surface area (Å²) in [5.74, 6) is 0.376. The molecule has 46 heavy (non-hydrogen) atoms. The highest BCUT2D eigenvalue weighted by molar-refractivity contribution is 6.05. The van der Waals surface area contributed by atoms with E-state index in [0.717, 1.165) is 67.8 Å². The van der Waals surface area contributed by atoms with Gasteiger partial charge in [-0.1, -0.05) is 12.1 Å². The Labute approximate surface area is 269 Å². The SMILES string of the molecule is COC(C)(C)C1CN(Cc2ccc3nc(C4CCOCC4)ccc3c2)CC1Oc1ccc2c(c1)CN([C@H]1CCC(=O)NC1=O)C2=O. The van der Waals surface area contributed by atoms with E-state index in [2.05, 4.69) is 54.4 Å². The molecule has 4 aliphatic rings. The summed E-state index contributed by atoms with van der Waals surface area (Å²) in [5.41, 5.74) is 4.40. The summed E-state index contributed by atoms with van der Waals surface area (Å²) in [4.78, 5) is 46.3. The second kappa shape index (κ2) is 12.4. The minimum absolute atomic E-state index is 0.108. The fourth-order valence-electron chi connectivity index (χ4n) is 7.49. The first-order valence-electron chi connectivity index (χ1n) is 16.4. The van der Waals surface area contributed by atoms with E-state index < -0.39 is 17.6 Å². The van der Waals surface area contributed by atoms with Gasteiger partial charge in [0.25, 0.3) is 5.91 Å². The minimum Gasteiger partial charge on any atom is -0.489 e. The molecule has 0 spiro atoms. The van der Waals surface area contributed by atoms with Crippen LogP contribution in [0.4, 0.5) is 0 Å². The standard InChI is InChI=1S/C36H42N4O6/c1-36(2,44-3)28-20-39(18-22-4-8-30-24(16-22)5-9-29(37-30)23-12-14-45-15-13-23)21-32(28)46-26-6-7-27-25(17-26)19-40(35(27)43)31-10-11-33(41)38-34(31)42/h4-9,16-17,23,28,31-32H,10-15,18-21H2,1-3H3,(H,38,41,42)/t28?,31-,32?/m0/s1. The van der Waals surface area contributed by atoms with Gasteiger partial charge in [-0.2, -0.15) is 0 Å². The summed E-state index contributed by atoms with van der Waals surface area (Å²) in [5, 5.41) is 3.51. The molecule has 4 aliphatic heterocycles. The van der Waals surface area contributed by atoms with Gasteiger partial charge in [0.15, 0.2) is 0 Å². The van der Waals surface area contributed by atoms with Gasteiger partial charge in [-0.3, -0.25) is 29.6 Å². The number of fused-ring (bicyclic) bond motifs is 2. The van der Waals surface area contributed by atoms with Crippen molar-refractivity contribution in [1.29, 1.82) is 0 Å². The largest absolute Gasteiger partial charge is 0.489 e. The molecular formula is C36H42N4O6. The fraction of sp³-hybridized carbons (Fsp3) is 0.500. The quantitative estimate of drug-likeness (QED) is 0.371. The molecular weight excluding hydrogens is 584 g/mol. The van der Waals surface area contributed by atoms with E-state index in [4.69, 9.17) is 19.2 Å². The molecule has 5 heterocycles. The van der Waals surface area contributed by atoms with E-state index in [1.54, 1.807) is 18.1 Å². The number of imide groups is 1. The lowest BCUT2D eigenvalue weighted by atomic mass is 9.88. The molecule has 10 heteroatoms. The van der Waals surface area contributed by atoms with Gasteiger partial charge in [-0.15, -0.1) is 0 Å². The number of hydrogen-bond acceptors (Lipinski definition) is 8. The third-order valence-electron chi connectivity index (χ3n) is 10.4. The normalized spacial score (nSPS) is 24.5. The van der Waals surface area contributed by atoms with Crippen LogP contribution in [0.15, 0.2) is 48.5 Å². The molecule has 0 bridgehead atoms. The molecule has 2 unspecified atom stereocenters. The number of carbonyl (C=O) groups is 3. The minimum atomic E-state index is -0.642. The summed E-state index contributed by atoms with van der Waals surface area (Å²) in [6.07, 6.45) is 2.49. The molecule has 0 radical (unpaired) electrons. The topological polar surface area (TPSA) is 110 Å². The van der Waals surface area contributed by atoms with Crippen LogP contribution in [0.5, 0.6) is 5.75 Å². The Hall–Kier alpha value is -3.86. The molecule has 1 N–H and O–H groups in total. The van der Waals surface area contributed by atoms with Crippen LogP contribution in [0, 0.1) is 5.92 Å². The molecule has 3 atom stereocenters. The second-order valence-electron chi connectivity index (χ2n) is 13.6. The number of ether oxygens (including phenoxy) is 3. The fourth-order valence-corrected chi connectivity index (χ4v) is 7.49. The molecule has 3 aromatic rings. The Kier molecular flexibility index (Phi) is 8.29. The Morgan fingerprint density at radius 3 is 2.61 bits per heavy atom. The van der Waals surface area contributed by atoms with Gasteiger partial charge in [0.2, 0.25) is 11.8 Å². The van der Waals surface area contributed by atoms with Crippen molar-refractivity contribution in [3.8, 4) is 5.75 Å². The summed E-state index contributed by atoms with van der Waals surface area (Å²) < 4.78 is 18.2. The first kappa shape index (κ1) is 30.8. The summed E-state index contributed by atoms with van der Waals surface area (Å²) >= 11 is 0. The molecule has 10 nitrogen and oxygen atoms in total.